The smallest absolute Gasteiger partial charge is 0.318 e. The first kappa shape index (κ1) is 14.1. The van der Waals surface area contributed by atoms with E-state index in [0.717, 1.165) is 19.4 Å². The van der Waals surface area contributed by atoms with Crippen molar-refractivity contribution < 1.29 is 4.79 Å². The van der Waals surface area contributed by atoms with Gasteiger partial charge < -0.3 is 10.2 Å². The molecule has 0 saturated heterocycles. The number of hydrogen-bond donors (Lipinski definition) is 1. The molecule has 2 aromatic rings. The fourth-order valence-electron chi connectivity index (χ4n) is 2.87. The van der Waals surface area contributed by atoms with Crippen LogP contribution in [0.15, 0.2) is 41.8 Å². The highest BCUT2D eigenvalue weighted by Gasteiger charge is 2.25. The maximum absolute atomic E-state index is 12.5. The van der Waals surface area contributed by atoms with E-state index in [1.165, 1.54) is 16.0 Å². The van der Waals surface area contributed by atoms with Gasteiger partial charge in [-0.05, 0) is 42.3 Å². The molecule has 1 unspecified atom stereocenters. The first-order valence-electron chi connectivity index (χ1n) is 7.43. The quantitative estimate of drug-likeness (QED) is 0.910. The molecule has 1 aliphatic rings. The van der Waals surface area contributed by atoms with E-state index in [0.29, 0.717) is 6.54 Å². The van der Waals surface area contributed by atoms with E-state index in [-0.39, 0.29) is 12.1 Å². The van der Waals surface area contributed by atoms with E-state index in [1.54, 1.807) is 11.3 Å². The van der Waals surface area contributed by atoms with Crippen molar-refractivity contribution >= 4 is 17.4 Å². The van der Waals surface area contributed by atoms with Crippen molar-refractivity contribution in [2.24, 2.45) is 0 Å². The maximum atomic E-state index is 12.5. The Kier molecular flexibility index (Phi) is 4.25. The Hall–Kier alpha value is -1.81. The Morgan fingerprint density at radius 1 is 1.33 bits per heavy atom. The molecule has 3 nitrogen and oxygen atoms in total. The van der Waals surface area contributed by atoms with Gasteiger partial charge in [0.15, 0.2) is 0 Å². The third-order valence-corrected chi connectivity index (χ3v) is 4.89. The molecule has 0 spiro atoms. The highest BCUT2D eigenvalue weighted by Crippen LogP contribution is 2.30. The molecule has 0 bridgehead atoms. The van der Waals surface area contributed by atoms with Crippen molar-refractivity contribution in [3.63, 3.8) is 0 Å². The second kappa shape index (κ2) is 6.31. The number of amides is 2. The van der Waals surface area contributed by atoms with Crippen LogP contribution in [-0.4, -0.2) is 17.5 Å². The lowest BCUT2D eigenvalue weighted by Crippen LogP contribution is -2.40. The molecular formula is C17H20N2OS. The van der Waals surface area contributed by atoms with Gasteiger partial charge in [0.2, 0.25) is 0 Å². The first-order valence-corrected chi connectivity index (χ1v) is 8.31. The number of rotatable bonds is 4. The third kappa shape index (κ3) is 3.10. The number of thiophene rings is 1. The van der Waals surface area contributed by atoms with Crippen molar-refractivity contribution in [1.82, 2.24) is 10.2 Å². The minimum absolute atomic E-state index is 0.0348. The summed E-state index contributed by atoms with van der Waals surface area (Å²) in [5.74, 6) is 0. The fourth-order valence-corrected chi connectivity index (χ4v) is 3.58. The van der Waals surface area contributed by atoms with Crippen LogP contribution >= 0.6 is 11.3 Å². The zero-order valence-corrected chi connectivity index (χ0v) is 13.0. The van der Waals surface area contributed by atoms with E-state index >= 15 is 0 Å². The van der Waals surface area contributed by atoms with Crippen molar-refractivity contribution in [2.75, 3.05) is 6.54 Å². The van der Waals surface area contributed by atoms with Crippen molar-refractivity contribution in [2.45, 2.75) is 32.4 Å². The first-order chi connectivity index (χ1) is 10.3. The largest absolute Gasteiger partial charge is 0.331 e. The van der Waals surface area contributed by atoms with Gasteiger partial charge in [0, 0.05) is 11.4 Å². The second-order valence-corrected chi connectivity index (χ2v) is 6.37. The normalized spacial score (nSPS) is 16.5. The van der Waals surface area contributed by atoms with Crippen LogP contribution in [0.2, 0.25) is 0 Å². The molecule has 21 heavy (non-hydrogen) atoms. The molecule has 0 radical (unpaired) electrons. The van der Waals surface area contributed by atoms with Crippen LogP contribution in [-0.2, 0) is 13.0 Å². The van der Waals surface area contributed by atoms with Gasteiger partial charge >= 0.3 is 6.03 Å². The van der Waals surface area contributed by atoms with Gasteiger partial charge in [0.25, 0.3) is 0 Å². The summed E-state index contributed by atoms with van der Waals surface area (Å²) in [5.41, 5.74) is 2.64. The lowest BCUT2D eigenvalue weighted by molar-refractivity contribution is 0.194. The fraction of sp³-hybridized carbons (Fsp3) is 0.353. The van der Waals surface area contributed by atoms with E-state index in [9.17, 15) is 4.79 Å². The topological polar surface area (TPSA) is 32.3 Å². The van der Waals surface area contributed by atoms with E-state index in [4.69, 9.17) is 0 Å². The number of nitrogens with zero attached hydrogens (tertiary/aromatic N) is 1. The SMILES string of the molecule is CCN(Cc1cccs1)C(=O)NC1CCc2ccccc21. The molecule has 0 fully saturated rings. The van der Waals surface area contributed by atoms with Crippen molar-refractivity contribution in [1.29, 1.82) is 0 Å². The zero-order valence-electron chi connectivity index (χ0n) is 12.2. The highest BCUT2D eigenvalue weighted by atomic mass is 32.1. The Balaban J connectivity index is 1.65. The molecule has 2 amide bonds. The van der Waals surface area contributed by atoms with Gasteiger partial charge in [-0.25, -0.2) is 4.79 Å². The molecule has 1 atom stereocenters. The van der Waals surface area contributed by atoms with E-state index in [1.807, 2.05) is 29.3 Å². The van der Waals surface area contributed by atoms with Crippen LogP contribution in [0.5, 0.6) is 0 Å². The average molecular weight is 300 g/mol. The summed E-state index contributed by atoms with van der Waals surface area (Å²) in [7, 11) is 0. The Morgan fingerprint density at radius 2 is 2.19 bits per heavy atom. The van der Waals surface area contributed by atoms with Gasteiger partial charge in [-0.15, -0.1) is 11.3 Å². The highest BCUT2D eigenvalue weighted by molar-refractivity contribution is 7.09. The summed E-state index contributed by atoms with van der Waals surface area (Å²) >= 11 is 1.69. The number of urea groups is 1. The van der Waals surface area contributed by atoms with Gasteiger partial charge in [0.1, 0.15) is 0 Å². The van der Waals surface area contributed by atoms with Gasteiger partial charge in [-0.1, -0.05) is 30.3 Å². The molecule has 1 aromatic heterocycles. The molecule has 1 aromatic carbocycles. The number of carbonyl (C=O) groups excluding carboxylic acids is 1. The number of aryl methyl sites for hydroxylation is 1. The zero-order chi connectivity index (χ0) is 14.7. The maximum Gasteiger partial charge on any atom is 0.318 e. The standard InChI is InChI=1S/C17H20N2OS/c1-2-19(12-14-7-5-11-21-14)17(20)18-16-10-9-13-6-3-4-8-15(13)16/h3-8,11,16H,2,9-10,12H2,1H3,(H,18,20). The van der Waals surface area contributed by atoms with E-state index < -0.39 is 0 Å². The van der Waals surface area contributed by atoms with E-state index in [2.05, 4.69) is 29.6 Å². The molecule has 0 saturated carbocycles. The molecular weight excluding hydrogens is 280 g/mol. The van der Waals surface area contributed by atoms with Crippen LogP contribution in [0.4, 0.5) is 4.79 Å². The molecule has 1 N–H and O–H groups in total. The molecule has 110 valence electrons. The number of carbonyl (C=O) groups is 1. The van der Waals surface area contributed by atoms with Crippen LogP contribution in [0.1, 0.15) is 35.4 Å². The lowest BCUT2D eigenvalue weighted by atomic mass is 10.1. The van der Waals surface area contributed by atoms with Crippen molar-refractivity contribution in [3.8, 4) is 0 Å². The second-order valence-electron chi connectivity index (χ2n) is 5.33. The Labute approximate surface area is 129 Å². The summed E-state index contributed by atoms with van der Waals surface area (Å²) in [6.45, 7) is 3.43. The van der Waals surface area contributed by atoms with Gasteiger partial charge in [-0.3, -0.25) is 0 Å². The number of hydrogen-bond acceptors (Lipinski definition) is 2. The molecule has 1 aliphatic carbocycles. The van der Waals surface area contributed by atoms with Crippen LogP contribution < -0.4 is 5.32 Å². The molecule has 4 heteroatoms. The predicted molar refractivity (Wildman–Crippen MR) is 86.4 cm³/mol. The average Bonchev–Trinajstić information content (AvgIpc) is 3.15. The molecule has 1 heterocycles. The summed E-state index contributed by atoms with van der Waals surface area (Å²) in [6.07, 6.45) is 2.06. The minimum Gasteiger partial charge on any atom is -0.331 e. The van der Waals surface area contributed by atoms with Crippen LogP contribution in [0, 0.1) is 0 Å². The third-order valence-electron chi connectivity index (χ3n) is 4.03. The number of nitrogens with one attached hydrogen (secondary N) is 1. The monoisotopic (exact) mass is 300 g/mol. The van der Waals surface area contributed by atoms with Gasteiger partial charge in [-0.2, -0.15) is 0 Å². The predicted octanol–water partition coefficient (Wildman–Crippen LogP) is 3.97. The summed E-state index contributed by atoms with van der Waals surface area (Å²) in [6, 6.07) is 12.7. The van der Waals surface area contributed by atoms with Crippen molar-refractivity contribution in [3.05, 3.63) is 57.8 Å². The van der Waals surface area contributed by atoms with Gasteiger partial charge in [0.05, 0.1) is 12.6 Å². The number of benzene rings is 1. The summed E-state index contributed by atoms with van der Waals surface area (Å²) < 4.78 is 0. The Morgan fingerprint density at radius 3 is 2.95 bits per heavy atom. The molecule has 3 rings (SSSR count). The molecule has 0 aliphatic heterocycles. The Bertz CT molecular complexity index is 609. The van der Waals surface area contributed by atoms with Crippen LogP contribution in [0.25, 0.3) is 0 Å². The lowest BCUT2D eigenvalue weighted by Gasteiger charge is -2.23. The minimum atomic E-state index is 0.0348. The summed E-state index contributed by atoms with van der Waals surface area (Å²) in [4.78, 5) is 15.6. The van der Waals surface area contributed by atoms with Crippen LogP contribution in [0.3, 0.4) is 0 Å². The number of fused-ring (bicyclic) bond motifs is 1. The summed E-state index contributed by atoms with van der Waals surface area (Å²) in [5, 5.41) is 5.24.